The molecule has 12 nitrogen and oxygen atoms in total. The van der Waals surface area contributed by atoms with Gasteiger partial charge in [-0.15, -0.1) is 0 Å². The van der Waals surface area contributed by atoms with Crippen molar-refractivity contribution in [1.82, 2.24) is 9.80 Å². The van der Waals surface area contributed by atoms with Crippen LogP contribution in [-0.2, 0) is 23.7 Å². The molecule has 0 aromatic heterocycles. The molecule has 2 heterocycles. The topological polar surface area (TPSA) is 158 Å². The van der Waals surface area contributed by atoms with E-state index in [1.165, 1.54) is 13.8 Å². The molecule has 53 heavy (non-hydrogen) atoms. The van der Waals surface area contributed by atoms with E-state index in [0.717, 1.165) is 10.8 Å². The van der Waals surface area contributed by atoms with E-state index in [0.29, 0.717) is 18.5 Å². The lowest BCUT2D eigenvalue weighted by molar-refractivity contribution is -0.298. The number of benzene rings is 2. The van der Waals surface area contributed by atoms with Crippen LogP contribution in [0.5, 0.6) is 0 Å². The maximum atomic E-state index is 13.8. The Balaban J connectivity index is 1.72. The van der Waals surface area contributed by atoms with Gasteiger partial charge < -0.3 is 49.2 Å². The summed E-state index contributed by atoms with van der Waals surface area (Å²) in [5.74, 6) is -3.42. The van der Waals surface area contributed by atoms with Crippen LogP contribution in [-0.4, -0.2) is 136 Å². The van der Waals surface area contributed by atoms with Crippen molar-refractivity contribution in [2.24, 2.45) is 17.8 Å². The molecule has 0 spiro atoms. The summed E-state index contributed by atoms with van der Waals surface area (Å²) in [5.41, 5.74) is -3.00. The summed E-state index contributed by atoms with van der Waals surface area (Å²) in [7, 11) is 5.62. The fourth-order valence-electron chi connectivity index (χ4n) is 8.36. The number of hydrogen-bond donors (Lipinski definition) is 4. The highest BCUT2D eigenvalue weighted by Crippen LogP contribution is 2.37. The van der Waals surface area contributed by atoms with E-state index in [2.05, 4.69) is 0 Å². The summed E-state index contributed by atoms with van der Waals surface area (Å²) in [6, 6.07) is 12.3. The van der Waals surface area contributed by atoms with Gasteiger partial charge in [0.25, 0.3) is 0 Å². The van der Waals surface area contributed by atoms with E-state index in [1.54, 1.807) is 39.8 Å². The Kier molecular flexibility index (Phi) is 14.1. The second-order valence-corrected chi connectivity index (χ2v) is 16.6. The van der Waals surface area contributed by atoms with Gasteiger partial charge in [-0.1, -0.05) is 51.1 Å². The number of ether oxygens (including phenoxy) is 4. The second kappa shape index (κ2) is 17.4. The first kappa shape index (κ1) is 43.1. The minimum absolute atomic E-state index is 0.158. The molecule has 0 amide bonds. The van der Waals surface area contributed by atoms with Gasteiger partial charge in [-0.25, -0.2) is 4.79 Å². The van der Waals surface area contributed by atoms with Crippen LogP contribution < -0.4 is 0 Å². The zero-order valence-electron chi connectivity index (χ0n) is 33.4. The first-order chi connectivity index (χ1) is 24.7. The van der Waals surface area contributed by atoms with Crippen LogP contribution in [0.1, 0.15) is 85.0 Å². The van der Waals surface area contributed by atoms with Gasteiger partial charge in [-0.05, 0) is 104 Å². The molecule has 0 aliphatic carbocycles. The van der Waals surface area contributed by atoms with E-state index in [9.17, 15) is 30.0 Å². The monoisotopic (exact) mass is 744 g/mol. The van der Waals surface area contributed by atoms with Crippen molar-refractivity contribution in [3.8, 4) is 0 Å². The summed E-state index contributed by atoms with van der Waals surface area (Å²) in [6.07, 6.45) is -6.19. The number of carbonyl (C=O) groups is 2. The minimum atomic E-state index is -1.79. The number of rotatable bonds is 6. The van der Waals surface area contributed by atoms with Gasteiger partial charge in [0.05, 0.1) is 41.4 Å². The highest BCUT2D eigenvalue weighted by molar-refractivity contribution is 5.95. The number of aliphatic hydroxyl groups excluding tert-OH is 2. The van der Waals surface area contributed by atoms with Gasteiger partial charge in [-0.3, -0.25) is 4.79 Å². The van der Waals surface area contributed by atoms with Crippen LogP contribution in [0, 0.1) is 17.8 Å². The summed E-state index contributed by atoms with van der Waals surface area (Å²) >= 11 is 0. The number of fused-ring (bicyclic) bond motifs is 1. The van der Waals surface area contributed by atoms with Gasteiger partial charge in [0, 0.05) is 18.5 Å². The molecular weight excluding hydrogens is 680 g/mol. The molecule has 1 unspecified atom stereocenters. The molecule has 12 heteroatoms. The number of nitrogens with zero attached hydrogens (tertiary/aromatic N) is 2. The molecule has 2 aromatic rings. The van der Waals surface area contributed by atoms with Gasteiger partial charge in [0.2, 0.25) is 0 Å². The van der Waals surface area contributed by atoms with E-state index < -0.39 is 77.8 Å². The van der Waals surface area contributed by atoms with Crippen molar-refractivity contribution >= 4 is 22.7 Å². The lowest BCUT2D eigenvalue weighted by Crippen LogP contribution is -2.60. The van der Waals surface area contributed by atoms with E-state index in [1.807, 2.05) is 75.1 Å². The molecule has 0 saturated carbocycles. The van der Waals surface area contributed by atoms with Crippen molar-refractivity contribution in [1.29, 1.82) is 0 Å². The van der Waals surface area contributed by atoms with Crippen molar-refractivity contribution in [3.05, 3.63) is 48.0 Å². The number of cyclic esters (lactones) is 1. The average molecular weight is 745 g/mol. The number of likely N-dealkylation sites (N-methyl/N-ethyl adjacent to an activating group) is 2. The lowest BCUT2D eigenvalue weighted by atomic mass is 9.78. The first-order valence-electron chi connectivity index (χ1n) is 19.1. The second-order valence-electron chi connectivity index (χ2n) is 16.6. The van der Waals surface area contributed by atoms with Crippen LogP contribution in [0.25, 0.3) is 10.8 Å². The van der Waals surface area contributed by atoms with Crippen molar-refractivity contribution in [2.45, 2.75) is 141 Å². The van der Waals surface area contributed by atoms with E-state index in [4.69, 9.17) is 18.9 Å². The third kappa shape index (κ3) is 9.77. The van der Waals surface area contributed by atoms with Crippen molar-refractivity contribution < 1.29 is 49.0 Å². The van der Waals surface area contributed by atoms with Gasteiger partial charge in [-0.2, -0.15) is 0 Å². The summed E-state index contributed by atoms with van der Waals surface area (Å²) in [6.45, 7) is 14.2. The standard InChI is InChI=1S/C41H64N2O10/c1-12-32-41(8,49)35(45)27(6)43(11)22-23(2)21-40(7,48)36(25(4)33(44)26(5)37(46)51-32)53-39-34(31(42(9)10)19-24(3)50-39)52-38(47)30-18-17-28-15-13-14-16-29(28)20-30/h13-18,20,23-27,31-36,39,44-45,48-49H,12,19,21-22H2,1-11H3/t23-,24-,25+,26-,27-,31+,32-,33+,34-,35-,36?,39+,40-,41-/m1/s1. The Morgan fingerprint density at radius 2 is 1.66 bits per heavy atom. The summed E-state index contributed by atoms with van der Waals surface area (Å²) in [5, 5.41) is 48.9. The Morgan fingerprint density at radius 1 is 1.02 bits per heavy atom. The normalized spacial score (nSPS) is 40.0. The Morgan fingerprint density at radius 3 is 2.28 bits per heavy atom. The quantitative estimate of drug-likeness (QED) is 0.316. The fourth-order valence-corrected chi connectivity index (χ4v) is 8.36. The minimum Gasteiger partial charge on any atom is -0.459 e. The van der Waals surface area contributed by atoms with Crippen LogP contribution >= 0.6 is 0 Å². The Hall–Kier alpha value is -2.68. The Labute approximate surface area is 315 Å². The summed E-state index contributed by atoms with van der Waals surface area (Å²) < 4.78 is 25.2. The molecule has 4 rings (SSSR count). The zero-order valence-corrected chi connectivity index (χ0v) is 33.4. The predicted molar refractivity (Wildman–Crippen MR) is 202 cm³/mol. The van der Waals surface area contributed by atoms with Crippen LogP contribution in [0.2, 0.25) is 0 Å². The highest BCUT2D eigenvalue weighted by atomic mass is 16.7. The van der Waals surface area contributed by atoms with E-state index in [-0.39, 0.29) is 30.9 Å². The highest BCUT2D eigenvalue weighted by Gasteiger charge is 2.51. The third-order valence-corrected chi connectivity index (χ3v) is 11.7. The maximum absolute atomic E-state index is 13.8. The molecule has 4 N–H and O–H groups in total. The Bertz CT molecular complexity index is 1530. The predicted octanol–water partition coefficient (Wildman–Crippen LogP) is 3.99. The molecule has 2 saturated heterocycles. The molecule has 298 valence electrons. The van der Waals surface area contributed by atoms with Crippen LogP contribution in [0.3, 0.4) is 0 Å². The maximum Gasteiger partial charge on any atom is 0.338 e. The number of carbonyl (C=O) groups excluding carboxylic acids is 2. The molecule has 2 aliphatic heterocycles. The van der Waals surface area contributed by atoms with Crippen LogP contribution in [0.4, 0.5) is 0 Å². The third-order valence-electron chi connectivity index (χ3n) is 11.7. The smallest absolute Gasteiger partial charge is 0.338 e. The molecule has 0 bridgehead atoms. The number of aliphatic hydroxyl groups is 4. The van der Waals surface area contributed by atoms with Crippen molar-refractivity contribution in [3.63, 3.8) is 0 Å². The van der Waals surface area contributed by atoms with Gasteiger partial charge in [0.1, 0.15) is 17.8 Å². The molecule has 2 aliphatic rings. The first-order valence-corrected chi connectivity index (χ1v) is 19.1. The average Bonchev–Trinajstić information content (AvgIpc) is 3.10. The number of hydrogen-bond acceptors (Lipinski definition) is 12. The largest absolute Gasteiger partial charge is 0.459 e. The fraction of sp³-hybridized carbons (Fsp3) is 0.707. The van der Waals surface area contributed by atoms with Crippen molar-refractivity contribution in [2.75, 3.05) is 27.7 Å². The molecule has 14 atom stereocenters. The van der Waals surface area contributed by atoms with E-state index >= 15 is 0 Å². The van der Waals surface area contributed by atoms with Crippen LogP contribution in [0.15, 0.2) is 42.5 Å². The number of esters is 2. The zero-order chi connectivity index (χ0) is 39.6. The molecule has 2 fully saturated rings. The SMILES string of the molecule is CC[C@H]1OC(=O)[C@H](C)[C@@H](O)[C@H](C)C(O[C@@H]2O[C@H](C)C[C@H](N(C)C)[C@H]2OC(=O)c2ccc3ccccc3c2)[C@](C)(O)C[C@@H](C)CN(C)[C@H](C)[C@@H](O)[C@]1(C)O. The molecule has 2 aromatic carbocycles. The summed E-state index contributed by atoms with van der Waals surface area (Å²) in [4.78, 5) is 31.3. The molecule has 0 radical (unpaired) electrons. The molecular formula is C41H64N2O10. The lowest BCUT2D eigenvalue weighted by Gasteiger charge is -2.47. The van der Waals surface area contributed by atoms with Gasteiger partial charge >= 0.3 is 11.9 Å². The van der Waals surface area contributed by atoms with Gasteiger partial charge in [0.15, 0.2) is 12.4 Å².